The summed E-state index contributed by atoms with van der Waals surface area (Å²) in [6, 6.07) is 2.28. The van der Waals surface area contributed by atoms with Crippen molar-refractivity contribution in [2.45, 2.75) is 64.4 Å². The number of alkyl halides is 3. The molecule has 0 aliphatic rings. The summed E-state index contributed by atoms with van der Waals surface area (Å²) < 4.78 is 41.2. The highest BCUT2D eigenvalue weighted by Gasteiger charge is 2.36. The fourth-order valence-electron chi connectivity index (χ4n) is 1.58. The average Bonchev–Trinajstić information content (AvgIpc) is 2.21. The Morgan fingerprint density at radius 2 is 1.83 bits per heavy atom. The first-order valence-electron chi connectivity index (χ1n) is 5.98. The maximum absolute atomic E-state index is 12.2. The predicted molar refractivity (Wildman–Crippen MR) is 63.0 cm³/mol. The first-order valence-corrected chi connectivity index (χ1v) is 5.98. The van der Waals surface area contributed by atoms with Gasteiger partial charge in [-0.2, -0.15) is 18.4 Å². The number of halogens is 3. The van der Waals surface area contributed by atoms with Crippen molar-refractivity contribution in [1.82, 2.24) is 5.32 Å². The number of hydrogen-bond acceptors (Lipinski definition) is 3. The molecule has 6 heteroatoms. The first kappa shape index (κ1) is 17.2. The van der Waals surface area contributed by atoms with E-state index in [1.165, 1.54) is 0 Å². The minimum Gasteiger partial charge on any atom is -0.369 e. The normalized spacial score (nSPS) is 17.3. The second-order valence-electron chi connectivity index (χ2n) is 4.90. The van der Waals surface area contributed by atoms with Crippen molar-refractivity contribution < 1.29 is 17.9 Å². The van der Waals surface area contributed by atoms with Crippen LogP contribution in [-0.2, 0) is 4.74 Å². The molecule has 1 N–H and O–H groups in total. The standard InChI is InChI=1S/C12H21F3N2O/c1-9(2)17-11(4,8-16)6-5-7-18-10(3)12(13,14)15/h9-10,17H,5-7H2,1-4H3. The van der Waals surface area contributed by atoms with Gasteiger partial charge in [0.15, 0.2) is 6.10 Å². The van der Waals surface area contributed by atoms with E-state index in [1.807, 2.05) is 13.8 Å². The van der Waals surface area contributed by atoms with Crippen molar-refractivity contribution in [2.24, 2.45) is 0 Å². The molecule has 0 aromatic heterocycles. The molecular formula is C12H21F3N2O. The summed E-state index contributed by atoms with van der Waals surface area (Å²) in [6.45, 7) is 6.55. The molecule has 0 rings (SSSR count). The molecule has 3 nitrogen and oxygen atoms in total. The van der Waals surface area contributed by atoms with Gasteiger partial charge < -0.3 is 4.74 Å². The Morgan fingerprint density at radius 1 is 1.28 bits per heavy atom. The number of nitrogens with one attached hydrogen (secondary N) is 1. The minimum absolute atomic E-state index is 0.00226. The van der Waals surface area contributed by atoms with Crippen LogP contribution >= 0.6 is 0 Å². The molecule has 0 spiro atoms. The first-order chi connectivity index (χ1) is 8.10. The molecule has 2 unspecified atom stereocenters. The van der Waals surface area contributed by atoms with E-state index in [0.717, 1.165) is 6.92 Å². The Morgan fingerprint density at radius 3 is 2.22 bits per heavy atom. The summed E-state index contributed by atoms with van der Waals surface area (Å²) >= 11 is 0. The molecule has 18 heavy (non-hydrogen) atoms. The van der Waals surface area contributed by atoms with Crippen LogP contribution in [0.4, 0.5) is 13.2 Å². The van der Waals surface area contributed by atoms with E-state index < -0.39 is 17.8 Å². The lowest BCUT2D eigenvalue weighted by molar-refractivity contribution is -0.214. The zero-order chi connectivity index (χ0) is 14.4. The molecule has 0 saturated carbocycles. The lowest BCUT2D eigenvalue weighted by Crippen LogP contribution is -2.45. The van der Waals surface area contributed by atoms with Gasteiger partial charge in [-0.05, 0) is 40.5 Å². The molecule has 106 valence electrons. The van der Waals surface area contributed by atoms with E-state index in [2.05, 4.69) is 16.1 Å². The van der Waals surface area contributed by atoms with Gasteiger partial charge in [0.2, 0.25) is 0 Å². The number of nitrogens with zero attached hydrogens (tertiary/aromatic N) is 1. The van der Waals surface area contributed by atoms with E-state index in [1.54, 1.807) is 6.92 Å². The van der Waals surface area contributed by atoms with Gasteiger partial charge in [0.1, 0.15) is 5.54 Å². The SMILES string of the molecule is CC(C)NC(C)(C#N)CCCOC(C)C(F)(F)F. The summed E-state index contributed by atoms with van der Waals surface area (Å²) in [5.74, 6) is 0. The van der Waals surface area contributed by atoms with Gasteiger partial charge in [-0.15, -0.1) is 0 Å². The summed E-state index contributed by atoms with van der Waals surface area (Å²) in [6.07, 6.45) is -5.23. The highest BCUT2D eigenvalue weighted by atomic mass is 19.4. The highest BCUT2D eigenvalue weighted by molar-refractivity contribution is 5.04. The molecule has 0 aliphatic heterocycles. The van der Waals surface area contributed by atoms with Crippen LogP contribution in [-0.4, -0.2) is 30.5 Å². The van der Waals surface area contributed by atoms with Crippen LogP contribution in [0.2, 0.25) is 0 Å². The number of hydrogen-bond donors (Lipinski definition) is 1. The lowest BCUT2D eigenvalue weighted by atomic mass is 9.97. The van der Waals surface area contributed by atoms with Crippen LogP contribution in [0, 0.1) is 11.3 Å². The van der Waals surface area contributed by atoms with Gasteiger partial charge >= 0.3 is 6.18 Å². The van der Waals surface area contributed by atoms with Crippen molar-refractivity contribution in [3.8, 4) is 6.07 Å². The van der Waals surface area contributed by atoms with Gasteiger partial charge in [-0.25, -0.2) is 0 Å². The quantitative estimate of drug-likeness (QED) is 0.720. The molecule has 0 bridgehead atoms. The van der Waals surface area contributed by atoms with E-state index >= 15 is 0 Å². The third-order valence-electron chi connectivity index (χ3n) is 2.50. The summed E-state index contributed by atoms with van der Waals surface area (Å²) in [5, 5.41) is 12.1. The van der Waals surface area contributed by atoms with Gasteiger partial charge in [-0.1, -0.05) is 0 Å². The number of rotatable bonds is 7. The molecule has 0 aromatic rings. The molecule has 2 atom stereocenters. The van der Waals surface area contributed by atoms with Crippen molar-refractivity contribution in [2.75, 3.05) is 6.61 Å². The Balaban J connectivity index is 4.00. The third-order valence-corrected chi connectivity index (χ3v) is 2.50. The zero-order valence-electron chi connectivity index (χ0n) is 11.3. The maximum atomic E-state index is 12.2. The Kier molecular flexibility index (Phi) is 6.64. The Bertz CT molecular complexity index is 286. The molecule has 0 fully saturated rings. The molecule has 0 aromatic carbocycles. The van der Waals surface area contributed by atoms with Crippen LogP contribution in [0.25, 0.3) is 0 Å². The molecule has 0 amide bonds. The molecule has 0 heterocycles. The minimum atomic E-state index is -4.32. The summed E-state index contributed by atoms with van der Waals surface area (Å²) in [7, 11) is 0. The van der Waals surface area contributed by atoms with Crippen molar-refractivity contribution >= 4 is 0 Å². The summed E-state index contributed by atoms with van der Waals surface area (Å²) in [4.78, 5) is 0. The lowest BCUT2D eigenvalue weighted by Gasteiger charge is -2.26. The maximum Gasteiger partial charge on any atom is 0.414 e. The van der Waals surface area contributed by atoms with Crippen LogP contribution in [0.1, 0.15) is 40.5 Å². The third kappa shape index (κ3) is 6.82. The van der Waals surface area contributed by atoms with Crippen molar-refractivity contribution in [1.29, 1.82) is 5.26 Å². The van der Waals surface area contributed by atoms with Crippen LogP contribution < -0.4 is 5.32 Å². The summed E-state index contributed by atoms with van der Waals surface area (Å²) in [5.41, 5.74) is -0.723. The monoisotopic (exact) mass is 266 g/mol. The van der Waals surface area contributed by atoms with Gasteiger partial charge in [0.05, 0.1) is 6.07 Å². The smallest absolute Gasteiger partial charge is 0.369 e. The van der Waals surface area contributed by atoms with Gasteiger partial charge in [-0.3, -0.25) is 5.32 Å². The molecule has 0 aliphatic carbocycles. The Labute approximate surface area is 106 Å². The van der Waals surface area contributed by atoms with Crippen LogP contribution in [0.5, 0.6) is 0 Å². The second kappa shape index (κ2) is 6.95. The number of ether oxygens (including phenoxy) is 1. The number of nitriles is 1. The van der Waals surface area contributed by atoms with E-state index in [9.17, 15) is 13.2 Å². The largest absolute Gasteiger partial charge is 0.414 e. The Hall–Kier alpha value is -0.800. The van der Waals surface area contributed by atoms with Gasteiger partial charge in [0.25, 0.3) is 0 Å². The van der Waals surface area contributed by atoms with Crippen molar-refractivity contribution in [3.05, 3.63) is 0 Å². The van der Waals surface area contributed by atoms with Gasteiger partial charge in [0, 0.05) is 12.6 Å². The van der Waals surface area contributed by atoms with Crippen molar-refractivity contribution in [3.63, 3.8) is 0 Å². The highest BCUT2D eigenvalue weighted by Crippen LogP contribution is 2.22. The topological polar surface area (TPSA) is 45.0 Å². The van der Waals surface area contributed by atoms with Crippen LogP contribution in [0.15, 0.2) is 0 Å². The zero-order valence-corrected chi connectivity index (χ0v) is 11.3. The van der Waals surface area contributed by atoms with E-state index in [4.69, 9.17) is 5.26 Å². The average molecular weight is 266 g/mol. The van der Waals surface area contributed by atoms with E-state index in [-0.39, 0.29) is 12.6 Å². The second-order valence-corrected chi connectivity index (χ2v) is 4.90. The predicted octanol–water partition coefficient (Wildman–Crippen LogP) is 3.01. The molecule has 0 radical (unpaired) electrons. The molecular weight excluding hydrogens is 245 g/mol. The molecule has 0 saturated heterocycles. The fraction of sp³-hybridized carbons (Fsp3) is 0.917. The fourth-order valence-corrected chi connectivity index (χ4v) is 1.58. The van der Waals surface area contributed by atoms with E-state index in [0.29, 0.717) is 12.8 Å². The van der Waals surface area contributed by atoms with Crippen LogP contribution in [0.3, 0.4) is 0 Å².